The van der Waals surface area contributed by atoms with E-state index in [1.807, 2.05) is 14.0 Å². The highest BCUT2D eigenvalue weighted by molar-refractivity contribution is 5.66. The van der Waals surface area contributed by atoms with Crippen molar-refractivity contribution in [3.05, 3.63) is 23.0 Å². The predicted molar refractivity (Wildman–Crippen MR) is 63.7 cm³/mol. The lowest BCUT2D eigenvalue weighted by Gasteiger charge is -2.14. The Morgan fingerprint density at radius 2 is 2.12 bits per heavy atom. The second kappa shape index (κ2) is 5.70. The summed E-state index contributed by atoms with van der Waals surface area (Å²) in [4.78, 5) is 15.7. The number of hydrogen-bond acceptors (Lipinski definition) is 2. The van der Waals surface area contributed by atoms with Gasteiger partial charge in [-0.15, -0.1) is 0 Å². The van der Waals surface area contributed by atoms with Crippen LogP contribution in [-0.2, 0) is 11.2 Å². The molecule has 1 heterocycles. The summed E-state index contributed by atoms with van der Waals surface area (Å²) in [5.74, 6) is -0.736. The van der Waals surface area contributed by atoms with Gasteiger partial charge in [0.1, 0.15) is 0 Å². The Kier molecular flexibility index (Phi) is 4.55. The van der Waals surface area contributed by atoms with Crippen LogP contribution in [0.25, 0.3) is 0 Å². The molecule has 1 rings (SSSR count). The maximum atomic E-state index is 10.4. The van der Waals surface area contributed by atoms with Gasteiger partial charge in [0.05, 0.1) is 6.42 Å². The number of rotatable bonds is 6. The lowest BCUT2D eigenvalue weighted by Crippen LogP contribution is -2.24. The Morgan fingerprint density at radius 1 is 1.44 bits per heavy atom. The number of hydrogen-bond donors (Lipinski definition) is 2. The van der Waals surface area contributed by atoms with Crippen molar-refractivity contribution >= 4 is 5.97 Å². The summed E-state index contributed by atoms with van der Waals surface area (Å²) in [6.45, 7) is 5.62. The molecule has 0 unspecified atom stereocenters. The van der Waals surface area contributed by atoms with Crippen LogP contribution in [0.3, 0.4) is 0 Å². The van der Waals surface area contributed by atoms with Crippen molar-refractivity contribution < 1.29 is 9.90 Å². The molecule has 0 aliphatic heterocycles. The van der Waals surface area contributed by atoms with Crippen molar-refractivity contribution in [1.82, 2.24) is 9.88 Å². The molecule has 0 aliphatic carbocycles. The summed E-state index contributed by atoms with van der Waals surface area (Å²) in [7, 11) is 1.96. The highest BCUT2D eigenvalue weighted by atomic mass is 16.4. The lowest BCUT2D eigenvalue weighted by molar-refractivity contribution is -0.137. The number of nitrogens with one attached hydrogen (secondary N) is 1. The van der Waals surface area contributed by atoms with Crippen molar-refractivity contribution in [1.29, 1.82) is 0 Å². The maximum absolute atomic E-state index is 10.4. The number of carboxylic acid groups (broad SMARTS) is 1. The van der Waals surface area contributed by atoms with Crippen LogP contribution in [0.4, 0.5) is 0 Å². The van der Waals surface area contributed by atoms with Crippen molar-refractivity contribution in [3.63, 3.8) is 0 Å². The number of aryl methyl sites for hydroxylation is 2. The van der Waals surface area contributed by atoms with Crippen LogP contribution in [0.15, 0.2) is 6.07 Å². The second-order valence-corrected chi connectivity index (χ2v) is 4.30. The van der Waals surface area contributed by atoms with Gasteiger partial charge in [-0.05, 0) is 38.9 Å². The molecule has 0 bridgehead atoms. The van der Waals surface area contributed by atoms with E-state index in [0.29, 0.717) is 6.54 Å². The van der Waals surface area contributed by atoms with Crippen LogP contribution in [-0.4, -0.2) is 41.1 Å². The van der Waals surface area contributed by atoms with Gasteiger partial charge in [0.25, 0.3) is 0 Å². The highest BCUT2D eigenvalue weighted by Gasteiger charge is 2.05. The number of nitrogens with zero attached hydrogens (tertiary/aromatic N) is 1. The van der Waals surface area contributed by atoms with Gasteiger partial charge in [-0.3, -0.25) is 4.79 Å². The van der Waals surface area contributed by atoms with Crippen LogP contribution in [0.1, 0.15) is 23.4 Å². The van der Waals surface area contributed by atoms with Gasteiger partial charge in [-0.1, -0.05) is 0 Å². The van der Waals surface area contributed by atoms with Crippen LogP contribution in [0, 0.1) is 13.8 Å². The molecule has 0 saturated heterocycles. The topological polar surface area (TPSA) is 56.3 Å². The smallest absolute Gasteiger partial charge is 0.304 e. The van der Waals surface area contributed by atoms with Gasteiger partial charge in [-0.25, -0.2) is 0 Å². The van der Waals surface area contributed by atoms with Gasteiger partial charge < -0.3 is 15.0 Å². The minimum absolute atomic E-state index is 0.210. The quantitative estimate of drug-likeness (QED) is 0.771. The normalized spacial score (nSPS) is 11.0. The molecule has 2 N–H and O–H groups in total. The monoisotopic (exact) mass is 224 g/mol. The molecule has 0 amide bonds. The number of aromatic nitrogens is 1. The van der Waals surface area contributed by atoms with Gasteiger partial charge in [0, 0.05) is 24.5 Å². The van der Waals surface area contributed by atoms with Gasteiger partial charge >= 0.3 is 5.97 Å². The fraction of sp³-hybridized carbons (Fsp3) is 0.583. The van der Waals surface area contributed by atoms with Crippen LogP contribution < -0.4 is 0 Å². The van der Waals surface area contributed by atoms with Crippen LogP contribution in [0.5, 0.6) is 0 Å². The number of carbonyl (C=O) groups is 1. The minimum Gasteiger partial charge on any atom is -0.481 e. The van der Waals surface area contributed by atoms with E-state index < -0.39 is 5.97 Å². The third kappa shape index (κ3) is 4.06. The average molecular weight is 224 g/mol. The van der Waals surface area contributed by atoms with E-state index >= 15 is 0 Å². The second-order valence-electron chi connectivity index (χ2n) is 4.30. The number of H-pyrrole nitrogens is 1. The summed E-state index contributed by atoms with van der Waals surface area (Å²) in [6, 6.07) is 2.15. The Morgan fingerprint density at radius 3 is 2.62 bits per heavy atom. The molecular weight excluding hydrogens is 204 g/mol. The zero-order valence-corrected chi connectivity index (χ0v) is 10.2. The number of carboxylic acids is 1. The predicted octanol–water partition coefficient (Wildman–Crippen LogP) is 1.58. The van der Waals surface area contributed by atoms with Crippen molar-refractivity contribution in [2.75, 3.05) is 20.1 Å². The lowest BCUT2D eigenvalue weighted by atomic mass is 10.1. The first-order chi connectivity index (χ1) is 7.49. The Balaban J connectivity index is 2.34. The molecule has 0 aromatic carbocycles. The zero-order chi connectivity index (χ0) is 12.1. The molecule has 0 saturated carbocycles. The summed E-state index contributed by atoms with van der Waals surface area (Å²) in [5.41, 5.74) is 3.71. The fourth-order valence-electron chi connectivity index (χ4n) is 1.75. The molecule has 16 heavy (non-hydrogen) atoms. The molecule has 0 radical (unpaired) electrons. The summed E-state index contributed by atoms with van der Waals surface area (Å²) < 4.78 is 0. The highest BCUT2D eigenvalue weighted by Crippen LogP contribution is 2.10. The van der Waals surface area contributed by atoms with Crippen molar-refractivity contribution in [2.24, 2.45) is 0 Å². The summed E-state index contributed by atoms with van der Waals surface area (Å²) in [5, 5.41) is 8.56. The molecule has 0 spiro atoms. The van der Waals surface area contributed by atoms with Gasteiger partial charge in [0.15, 0.2) is 0 Å². The van der Waals surface area contributed by atoms with E-state index in [4.69, 9.17) is 5.11 Å². The van der Waals surface area contributed by atoms with E-state index in [1.54, 1.807) is 0 Å². The van der Waals surface area contributed by atoms with Crippen LogP contribution >= 0.6 is 0 Å². The minimum atomic E-state index is -0.736. The fourth-order valence-corrected chi connectivity index (χ4v) is 1.75. The molecule has 0 atom stereocenters. The largest absolute Gasteiger partial charge is 0.481 e. The molecular formula is C12H20N2O2. The van der Waals surface area contributed by atoms with Gasteiger partial charge in [-0.2, -0.15) is 0 Å². The first-order valence-corrected chi connectivity index (χ1v) is 5.54. The van der Waals surface area contributed by atoms with E-state index in [0.717, 1.165) is 13.0 Å². The summed E-state index contributed by atoms with van der Waals surface area (Å²) >= 11 is 0. The third-order valence-electron chi connectivity index (χ3n) is 2.73. The SMILES string of the molecule is Cc1cc(CCN(C)CCC(=O)O)c(C)[nH]1. The molecule has 90 valence electrons. The molecule has 4 nitrogen and oxygen atoms in total. The van der Waals surface area contributed by atoms with E-state index in [-0.39, 0.29) is 6.42 Å². The average Bonchev–Trinajstić information content (AvgIpc) is 2.51. The zero-order valence-electron chi connectivity index (χ0n) is 10.2. The van der Waals surface area contributed by atoms with Crippen LogP contribution in [0.2, 0.25) is 0 Å². The first-order valence-electron chi connectivity index (χ1n) is 5.54. The van der Waals surface area contributed by atoms with E-state index in [9.17, 15) is 4.79 Å². The molecule has 1 aromatic heterocycles. The van der Waals surface area contributed by atoms with Crippen molar-refractivity contribution in [2.45, 2.75) is 26.7 Å². The molecule has 0 fully saturated rings. The number of aromatic amines is 1. The Labute approximate surface area is 96.3 Å². The van der Waals surface area contributed by atoms with E-state index in [1.165, 1.54) is 17.0 Å². The summed E-state index contributed by atoms with van der Waals surface area (Å²) in [6.07, 6.45) is 1.17. The third-order valence-corrected chi connectivity index (χ3v) is 2.73. The molecule has 4 heteroatoms. The standard InChI is InChI=1S/C12H20N2O2/c1-9-8-11(10(2)13-9)4-6-14(3)7-5-12(15)16/h8,13H,4-7H2,1-3H3,(H,15,16). The molecule has 0 aliphatic rings. The number of likely N-dealkylation sites (N-methyl/N-ethyl adjacent to an activating group) is 1. The van der Waals surface area contributed by atoms with Gasteiger partial charge in [0.2, 0.25) is 0 Å². The Bertz CT molecular complexity index is 358. The first kappa shape index (κ1) is 12.8. The number of aliphatic carboxylic acids is 1. The maximum Gasteiger partial charge on any atom is 0.304 e. The molecule has 1 aromatic rings. The van der Waals surface area contributed by atoms with Crippen molar-refractivity contribution in [3.8, 4) is 0 Å². The Hall–Kier alpha value is -1.29. The van der Waals surface area contributed by atoms with E-state index in [2.05, 4.69) is 22.9 Å².